The zero-order valence-corrected chi connectivity index (χ0v) is 11.2. The maximum Gasteiger partial charge on any atom is 0.156 e. The van der Waals surface area contributed by atoms with Crippen LogP contribution in [-0.4, -0.2) is 24.6 Å². The number of halogens is 3. The molecule has 1 heterocycles. The Morgan fingerprint density at radius 1 is 1.25 bits per heavy atom. The van der Waals surface area contributed by atoms with Gasteiger partial charge in [-0.3, -0.25) is 0 Å². The first-order valence-corrected chi connectivity index (χ1v) is 6.17. The van der Waals surface area contributed by atoms with Crippen molar-refractivity contribution in [3.8, 4) is 5.75 Å². The molecule has 0 bridgehead atoms. The highest BCUT2D eigenvalue weighted by Crippen LogP contribution is 2.38. The molecule has 0 saturated heterocycles. The van der Waals surface area contributed by atoms with Crippen molar-refractivity contribution >= 4 is 35.0 Å². The molecule has 1 aromatic rings. The van der Waals surface area contributed by atoms with Gasteiger partial charge in [-0.1, -0.05) is 23.2 Å². The Bertz CT molecular complexity index is 409. The Morgan fingerprint density at radius 3 is 2.62 bits per heavy atom. The third-order valence-electron chi connectivity index (χ3n) is 2.80. The summed E-state index contributed by atoms with van der Waals surface area (Å²) in [5.74, 6) is 0.560. The van der Waals surface area contributed by atoms with Gasteiger partial charge in [-0.2, -0.15) is 0 Å². The summed E-state index contributed by atoms with van der Waals surface area (Å²) in [5.41, 5.74) is 2.27. The van der Waals surface area contributed by atoms with Gasteiger partial charge in [0, 0.05) is 13.1 Å². The fraction of sp³-hybridized carbons (Fsp3) is 0.455. The first kappa shape index (κ1) is 12.3. The van der Waals surface area contributed by atoms with E-state index in [4.69, 9.17) is 39.7 Å². The van der Waals surface area contributed by atoms with Crippen LogP contribution in [0, 0.1) is 0 Å². The van der Waals surface area contributed by atoms with Gasteiger partial charge in [-0.05, 0) is 41.8 Å². The van der Waals surface area contributed by atoms with Crippen molar-refractivity contribution in [3.05, 3.63) is 27.2 Å². The lowest BCUT2D eigenvalue weighted by Crippen LogP contribution is -2.14. The molecular formula is C11H12Cl3NO. The molecule has 1 aliphatic heterocycles. The van der Waals surface area contributed by atoms with Crippen LogP contribution in [0.3, 0.4) is 0 Å². The van der Waals surface area contributed by atoms with Gasteiger partial charge >= 0.3 is 0 Å². The van der Waals surface area contributed by atoms with E-state index in [1.807, 2.05) is 6.07 Å². The largest absolute Gasteiger partial charge is 0.494 e. The zero-order valence-electron chi connectivity index (χ0n) is 8.90. The van der Waals surface area contributed by atoms with Crippen LogP contribution in [0.25, 0.3) is 0 Å². The topological polar surface area (TPSA) is 12.5 Å². The molecule has 1 aromatic carbocycles. The molecule has 0 radical (unpaired) electrons. The van der Waals surface area contributed by atoms with E-state index in [0.29, 0.717) is 15.8 Å². The van der Waals surface area contributed by atoms with Gasteiger partial charge in [-0.15, -0.1) is 0 Å². The molecule has 0 unspecified atom stereocenters. The van der Waals surface area contributed by atoms with Crippen molar-refractivity contribution in [1.82, 2.24) is 4.42 Å². The molecule has 1 aliphatic rings. The van der Waals surface area contributed by atoms with E-state index in [2.05, 4.69) is 0 Å². The first-order chi connectivity index (χ1) is 7.63. The van der Waals surface area contributed by atoms with Gasteiger partial charge < -0.3 is 4.74 Å². The molecule has 88 valence electrons. The number of methoxy groups -OCH3 is 1. The Balaban J connectivity index is 2.48. The van der Waals surface area contributed by atoms with Gasteiger partial charge in [0.2, 0.25) is 0 Å². The minimum atomic E-state index is 0.560. The van der Waals surface area contributed by atoms with E-state index in [9.17, 15) is 0 Å². The lowest BCUT2D eigenvalue weighted by molar-refractivity contribution is 0.414. The minimum absolute atomic E-state index is 0.560. The average Bonchev–Trinajstić information content (AvgIpc) is 2.42. The Morgan fingerprint density at radius 2 is 1.94 bits per heavy atom. The van der Waals surface area contributed by atoms with Crippen LogP contribution in [-0.2, 0) is 12.8 Å². The summed E-state index contributed by atoms with van der Waals surface area (Å²) < 4.78 is 6.97. The molecule has 0 fully saturated rings. The lowest BCUT2D eigenvalue weighted by atomic mass is 10.0. The maximum absolute atomic E-state index is 6.28. The predicted octanol–water partition coefficient (Wildman–Crippen LogP) is 3.56. The summed E-state index contributed by atoms with van der Waals surface area (Å²) in [5, 5.41) is 1.19. The number of ether oxygens (including phenoxy) is 1. The van der Waals surface area contributed by atoms with E-state index >= 15 is 0 Å². The Labute approximate surface area is 110 Å². The summed E-state index contributed by atoms with van der Waals surface area (Å²) in [6.45, 7) is 1.60. The fourth-order valence-electron chi connectivity index (χ4n) is 1.96. The predicted molar refractivity (Wildman–Crippen MR) is 67.8 cm³/mol. The van der Waals surface area contributed by atoms with Crippen LogP contribution in [0.15, 0.2) is 6.07 Å². The van der Waals surface area contributed by atoms with E-state index < -0.39 is 0 Å². The van der Waals surface area contributed by atoms with Crippen molar-refractivity contribution in [2.75, 3.05) is 20.2 Å². The number of fused-ring (bicyclic) bond motifs is 1. The molecule has 0 atom stereocenters. The number of benzene rings is 1. The van der Waals surface area contributed by atoms with Crippen LogP contribution in [0.2, 0.25) is 10.0 Å². The zero-order chi connectivity index (χ0) is 11.7. The molecule has 2 rings (SSSR count). The van der Waals surface area contributed by atoms with Gasteiger partial charge in [0.15, 0.2) is 5.75 Å². The molecule has 16 heavy (non-hydrogen) atoms. The summed E-state index contributed by atoms with van der Waals surface area (Å²) in [4.78, 5) is 0. The normalized spacial score (nSPS) is 16.8. The van der Waals surface area contributed by atoms with Gasteiger partial charge in [0.1, 0.15) is 0 Å². The van der Waals surface area contributed by atoms with Crippen LogP contribution in [0.4, 0.5) is 0 Å². The highest BCUT2D eigenvalue weighted by molar-refractivity contribution is 6.37. The quantitative estimate of drug-likeness (QED) is 0.729. The van der Waals surface area contributed by atoms with Gasteiger partial charge in [-0.25, -0.2) is 4.42 Å². The van der Waals surface area contributed by atoms with Crippen molar-refractivity contribution < 1.29 is 4.74 Å². The summed E-state index contributed by atoms with van der Waals surface area (Å²) in [6, 6.07) is 1.93. The number of rotatable bonds is 1. The second-order valence-corrected chi connectivity index (χ2v) is 5.02. The summed E-state index contributed by atoms with van der Waals surface area (Å²) >= 11 is 18.4. The minimum Gasteiger partial charge on any atom is -0.494 e. The van der Waals surface area contributed by atoms with Crippen molar-refractivity contribution in [1.29, 1.82) is 0 Å². The fourth-order valence-corrected chi connectivity index (χ4v) is 2.87. The smallest absolute Gasteiger partial charge is 0.156 e. The molecule has 0 aliphatic carbocycles. The molecule has 0 saturated carbocycles. The van der Waals surface area contributed by atoms with Gasteiger partial charge in [0.25, 0.3) is 0 Å². The monoisotopic (exact) mass is 279 g/mol. The second-order valence-electron chi connectivity index (χ2n) is 3.75. The third kappa shape index (κ3) is 2.25. The number of hydrogen-bond donors (Lipinski definition) is 0. The van der Waals surface area contributed by atoms with Gasteiger partial charge in [0.05, 0.1) is 17.2 Å². The Hall–Kier alpha value is -0.150. The summed E-state index contributed by atoms with van der Waals surface area (Å²) in [7, 11) is 1.57. The average molecular weight is 281 g/mol. The number of nitrogens with zero attached hydrogens (tertiary/aromatic N) is 1. The second kappa shape index (κ2) is 5.01. The van der Waals surface area contributed by atoms with Crippen molar-refractivity contribution in [3.63, 3.8) is 0 Å². The molecule has 0 N–H and O–H groups in total. The standard InChI is InChI=1S/C11H12Cl3NO/c1-16-11-9(12)6-7-2-4-15(14)5-3-8(7)10(11)13/h6H,2-5H2,1H3. The molecule has 0 spiro atoms. The lowest BCUT2D eigenvalue weighted by Gasteiger charge is -2.13. The summed E-state index contributed by atoms with van der Waals surface area (Å²) in [6.07, 6.45) is 1.69. The maximum atomic E-state index is 6.28. The third-order valence-corrected chi connectivity index (χ3v) is 3.82. The first-order valence-electron chi connectivity index (χ1n) is 5.08. The van der Waals surface area contributed by atoms with E-state index in [1.165, 1.54) is 5.56 Å². The van der Waals surface area contributed by atoms with Crippen molar-refractivity contribution in [2.45, 2.75) is 12.8 Å². The number of hydrogen-bond acceptors (Lipinski definition) is 2. The van der Waals surface area contributed by atoms with Crippen LogP contribution in [0.1, 0.15) is 11.1 Å². The molecule has 5 heteroatoms. The van der Waals surface area contributed by atoms with Crippen LogP contribution < -0.4 is 4.74 Å². The molecular weight excluding hydrogens is 268 g/mol. The molecule has 0 aromatic heterocycles. The highest BCUT2D eigenvalue weighted by Gasteiger charge is 2.20. The van der Waals surface area contributed by atoms with E-state index in [1.54, 1.807) is 11.5 Å². The van der Waals surface area contributed by atoms with E-state index in [-0.39, 0.29) is 0 Å². The SMILES string of the molecule is COc1c(Cl)cc2c(c1Cl)CCN(Cl)CC2. The molecule has 2 nitrogen and oxygen atoms in total. The highest BCUT2D eigenvalue weighted by atomic mass is 35.5. The molecule has 0 amide bonds. The Kier molecular flexibility index (Phi) is 3.85. The van der Waals surface area contributed by atoms with Crippen LogP contribution in [0.5, 0.6) is 5.75 Å². The van der Waals surface area contributed by atoms with Crippen LogP contribution >= 0.6 is 35.0 Å². The van der Waals surface area contributed by atoms with E-state index in [0.717, 1.165) is 31.5 Å². The van der Waals surface area contributed by atoms with Crippen molar-refractivity contribution in [2.24, 2.45) is 0 Å².